The molecule has 28 heavy (non-hydrogen) atoms. The third-order valence-corrected chi connectivity index (χ3v) is 5.70. The van der Waals surface area contributed by atoms with Gasteiger partial charge < -0.3 is 9.32 Å². The van der Waals surface area contributed by atoms with Crippen LogP contribution in [0, 0.1) is 10.1 Å². The summed E-state index contributed by atoms with van der Waals surface area (Å²) in [6.45, 7) is 6.77. The van der Waals surface area contributed by atoms with Crippen LogP contribution in [0.3, 0.4) is 0 Å². The molecule has 0 atom stereocenters. The van der Waals surface area contributed by atoms with Gasteiger partial charge >= 0.3 is 5.88 Å². The van der Waals surface area contributed by atoms with Crippen molar-refractivity contribution in [1.82, 2.24) is 9.88 Å². The van der Waals surface area contributed by atoms with Crippen molar-refractivity contribution in [3.05, 3.63) is 51.2 Å². The van der Waals surface area contributed by atoms with Gasteiger partial charge in [-0.15, -0.1) is 0 Å². The van der Waals surface area contributed by atoms with Gasteiger partial charge in [-0.2, -0.15) is 0 Å². The summed E-state index contributed by atoms with van der Waals surface area (Å²) in [5.41, 5.74) is 0.621. The van der Waals surface area contributed by atoms with Gasteiger partial charge in [-0.25, -0.2) is 4.98 Å². The van der Waals surface area contributed by atoms with Crippen molar-refractivity contribution < 1.29 is 14.1 Å². The quantitative estimate of drug-likeness (QED) is 0.393. The number of likely N-dealkylation sites (N-methyl/N-ethyl adjacent to an activating group) is 1. The summed E-state index contributed by atoms with van der Waals surface area (Å²) in [4.78, 5) is 31.5. The topological polar surface area (TPSA) is 92.7 Å². The standard InChI is InChI=1S/C18H19ClN4O4S/c1-3-21(4-2)10-11-22(17(24)13-8-9-15(27-13)23(25)26)18-20-16-12(19)6-5-7-14(16)28-18/h5-9H,3-4,10-11H2,1-2H3. The van der Waals surface area contributed by atoms with Gasteiger partial charge in [-0.05, 0) is 31.3 Å². The van der Waals surface area contributed by atoms with Crippen LogP contribution in [-0.2, 0) is 0 Å². The fourth-order valence-electron chi connectivity index (χ4n) is 2.76. The molecule has 0 bridgehead atoms. The second kappa shape index (κ2) is 8.68. The summed E-state index contributed by atoms with van der Waals surface area (Å²) < 4.78 is 5.97. The number of anilines is 1. The fraction of sp³-hybridized carbons (Fsp3) is 0.333. The summed E-state index contributed by atoms with van der Waals surface area (Å²) in [7, 11) is 0. The number of carbonyl (C=O) groups is 1. The van der Waals surface area contributed by atoms with Crippen molar-refractivity contribution in [2.45, 2.75) is 13.8 Å². The molecule has 0 aliphatic rings. The average molecular weight is 423 g/mol. The molecule has 10 heteroatoms. The molecule has 1 amide bonds. The Morgan fingerprint density at radius 1 is 1.25 bits per heavy atom. The number of carbonyl (C=O) groups excluding carboxylic acids is 1. The number of thiazole rings is 1. The summed E-state index contributed by atoms with van der Waals surface area (Å²) in [6.07, 6.45) is 0. The second-order valence-corrected chi connectivity index (χ2v) is 7.38. The molecule has 3 aromatic rings. The van der Waals surface area contributed by atoms with Gasteiger partial charge in [0.25, 0.3) is 5.91 Å². The third-order valence-electron chi connectivity index (χ3n) is 4.35. The number of aromatic nitrogens is 1. The highest BCUT2D eigenvalue weighted by molar-refractivity contribution is 7.22. The van der Waals surface area contributed by atoms with Crippen LogP contribution >= 0.6 is 22.9 Å². The van der Waals surface area contributed by atoms with Gasteiger partial charge in [0.2, 0.25) is 0 Å². The lowest BCUT2D eigenvalue weighted by atomic mass is 10.3. The SMILES string of the molecule is CCN(CC)CCN(C(=O)c1ccc([N+](=O)[O-])o1)c1nc2c(Cl)cccc2s1. The molecule has 2 heterocycles. The minimum absolute atomic E-state index is 0.100. The molecule has 0 N–H and O–H groups in total. The molecule has 0 saturated carbocycles. The van der Waals surface area contributed by atoms with Crippen LogP contribution in [0.2, 0.25) is 5.02 Å². The molecular weight excluding hydrogens is 404 g/mol. The highest BCUT2D eigenvalue weighted by atomic mass is 35.5. The third kappa shape index (κ3) is 4.16. The Hall–Kier alpha value is -2.49. The van der Waals surface area contributed by atoms with E-state index in [0.717, 1.165) is 17.8 Å². The molecule has 0 fully saturated rings. The van der Waals surface area contributed by atoms with Crippen molar-refractivity contribution in [1.29, 1.82) is 0 Å². The smallest absolute Gasteiger partial charge is 0.395 e. The Morgan fingerprint density at radius 2 is 2.00 bits per heavy atom. The minimum Gasteiger partial charge on any atom is -0.395 e. The number of benzene rings is 1. The predicted molar refractivity (Wildman–Crippen MR) is 109 cm³/mol. The van der Waals surface area contributed by atoms with E-state index in [4.69, 9.17) is 16.0 Å². The van der Waals surface area contributed by atoms with Gasteiger partial charge in [0.05, 0.1) is 15.8 Å². The number of hydrogen-bond donors (Lipinski definition) is 0. The maximum Gasteiger partial charge on any atom is 0.433 e. The predicted octanol–water partition coefficient (Wildman–Crippen LogP) is 4.44. The Bertz CT molecular complexity index is 999. The normalized spacial score (nSPS) is 11.3. The first-order valence-electron chi connectivity index (χ1n) is 8.78. The largest absolute Gasteiger partial charge is 0.433 e. The molecule has 0 aliphatic carbocycles. The van der Waals surface area contributed by atoms with Crippen LogP contribution in [0.5, 0.6) is 0 Å². The highest BCUT2D eigenvalue weighted by Crippen LogP contribution is 2.33. The zero-order valence-electron chi connectivity index (χ0n) is 15.4. The van der Waals surface area contributed by atoms with Gasteiger partial charge in [-0.1, -0.05) is 42.9 Å². The summed E-state index contributed by atoms with van der Waals surface area (Å²) in [5.74, 6) is -1.05. The molecule has 3 rings (SSSR count). The van der Waals surface area contributed by atoms with E-state index >= 15 is 0 Å². The van der Waals surface area contributed by atoms with Gasteiger partial charge in [0, 0.05) is 13.1 Å². The van der Waals surface area contributed by atoms with Gasteiger partial charge in [-0.3, -0.25) is 19.8 Å². The van der Waals surface area contributed by atoms with E-state index in [1.54, 1.807) is 6.07 Å². The molecule has 1 aromatic carbocycles. The highest BCUT2D eigenvalue weighted by Gasteiger charge is 2.26. The van der Waals surface area contributed by atoms with Crippen LogP contribution in [0.4, 0.5) is 11.0 Å². The van der Waals surface area contributed by atoms with Crippen molar-refractivity contribution in [2.24, 2.45) is 0 Å². The Kier molecular flexibility index (Phi) is 6.28. The lowest BCUT2D eigenvalue weighted by Gasteiger charge is -2.23. The number of nitro groups is 1. The molecule has 0 radical (unpaired) electrons. The first-order chi connectivity index (χ1) is 13.4. The molecule has 0 spiro atoms. The van der Waals surface area contributed by atoms with Crippen LogP contribution in [0.1, 0.15) is 24.4 Å². The van der Waals surface area contributed by atoms with E-state index < -0.39 is 16.7 Å². The van der Waals surface area contributed by atoms with Crippen molar-refractivity contribution in [3.8, 4) is 0 Å². The first-order valence-corrected chi connectivity index (χ1v) is 9.97. The van der Waals surface area contributed by atoms with Gasteiger partial charge in [0.15, 0.2) is 10.9 Å². The number of amides is 1. The van der Waals surface area contributed by atoms with E-state index in [-0.39, 0.29) is 5.76 Å². The number of furan rings is 1. The maximum atomic E-state index is 13.1. The Morgan fingerprint density at radius 3 is 2.61 bits per heavy atom. The summed E-state index contributed by atoms with van der Waals surface area (Å²) >= 11 is 7.56. The molecule has 148 valence electrons. The Balaban J connectivity index is 1.96. The van der Waals surface area contributed by atoms with Crippen molar-refractivity contribution >= 4 is 50.1 Å². The molecule has 0 aliphatic heterocycles. The fourth-order valence-corrected chi connectivity index (χ4v) is 4.05. The lowest BCUT2D eigenvalue weighted by Crippen LogP contribution is -2.38. The zero-order chi connectivity index (χ0) is 20.3. The van der Waals surface area contributed by atoms with E-state index in [9.17, 15) is 14.9 Å². The molecule has 0 unspecified atom stereocenters. The van der Waals surface area contributed by atoms with Crippen LogP contribution < -0.4 is 4.90 Å². The second-order valence-electron chi connectivity index (χ2n) is 5.96. The molecule has 0 saturated heterocycles. The molecule has 8 nitrogen and oxygen atoms in total. The summed E-state index contributed by atoms with van der Waals surface area (Å²) in [5, 5.41) is 11.9. The average Bonchev–Trinajstić information content (AvgIpc) is 3.33. The molecular formula is C18H19ClN4O4S. The maximum absolute atomic E-state index is 13.1. The zero-order valence-corrected chi connectivity index (χ0v) is 17.0. The van der Waals surface area contributed by atoms with E-state index in [1.807, 2.05) is 26.0 Å². The Labute approximate surface area is 170 Å². The number of fused-ring (bicyclic) bond motifs is 1. The lowest BCUT2D eigenvalue weighted by molar-refractivity contribution is -0.402. The number of para-hydroxylation sites is 1. The summed E-state index contributed by atoms with van der Waals surface area (Å²) in [6, 6.07) is 7.93. The van der Waals surface area contributed by atoms with Crippen molar-refractivity contribution in [3.63, 3.8) is 0 Å². The number of nitrogens with zero attached hydrogens (tertiary/aromatic N) is 4. The van der Waals surface area contributed by atoms with Gasteiger partial charge in [0.1, 0.15) is 10.4 Å². The first kappa shape index (κ1) is 20.2. The minimum atomic E-state index is -0.672. The van der Waals surface area contributed by atoms with Crippen molar-refractivity contribution in [2.75, 3.05) is 31.1 Å². The van der Waals surface area contributed by atoms with Crippen LogP contribution in [-0.4, -0.2) is 46.9 Å². The number of hydrogen-bond acceptors (Lipinski definition) is 7. The number of halogens is 1. The van der Waals surface area contributed by atoms with E-state index in [1.165, 1.54) is 28.4 Å². The number of rotatable bonds is 8. The van der Waals surface area contributed by atoms with Crippen LogP contribution in [0.15, 0.2) is 34.7 Å². The van der Waals surface area contributed by atoms with Crippen LogP contribution in [0.25, 0.3) is 10.2 Å². The van der Waals surface area contributed by atoms with E-state index in [0.29, 0.717) is 28.8 Å². The molecule has 2 aromatic heterocycles. The monoisotopic (exact) mass is 422 g/mol. The van der Waals surface area contributed by atoms with E-state index in [2.05, 4.69) is 9.88 Å².